The number of benzene rings is 1. The molecule has 1 saturated carbocycles. The van der Waals surface area contributed by atoms with Crippen LogP contribution in [-0.4, -0.2) is 35.6 Å². The van der Waals surface area contributed by atoms with Gasteiger partial charge in [0, 0.05) is 46.8 Å². The quantitative estimate of drug-likeness (QED) is 0.436. The highest BCUT2D eigenvalue weighted by Crippen LogP contribution is 2.37. The van der Waals surface area contributed by atoms with Crippen molar-refractivity contribution in [3.8, 4) is 22.5 Å². The number of carbonyl (C=O) groups excluding carboxylic acids is 1. The molecule has 5 aromatic rings. The molecule has 0 atom stereocenters. The molecule has 4 heterocycles. The van der Waals surface area contributed by atoms with Crippen LogP contribution in [0.4, 0.5) is 5.69 Å². The minimum absolute atomic E-state index is 0.275. The summed E-state index contributed by atoms with van der Waals surface area (Å²) in [6, 6.07) is 15.8. The standard InChI is InChI=1S/C24H19N7O/c32-24(21-12-15(6-8-25-21)18-10-16-7-9-26-22(16)27-13-18)29-19-3-1-2-17(11-19)23-30-28-14-31(23)20-4-5-20/h1-3,6-14,20H,4-5H2,(H,26,27)(H,29,32). The highest BCUT2D eigenvalue weighted by atomic mass is 16.1. The highest BCUT2D eigenvalue weighted by Gasteiger charge is 2.26. The minimum Gasteiger partial charge on any atom is -0.346 e. The van der Waals surface area contributed by atoms with E-state index in [9.17, 15) is 4.79 Å². The lowest BCUT2D eigenvalue weighted by atomic mass is 10.1. The molecule has 0 radical (unpaired) electrons. The molecule has 1 aromatic carbocycles. The first-order valence-corrected chi connectivity index (χ1v) is 10.5. The van der Waals surface area contributed by atoms with Crippen LogP contribution in [0, 0.1) is 0 Å². The van der Waals surface area contributed by atoms with Crippen molar-refractivity contribution >= 4 is 22.6 Å². The Morgan fingerprint density at radius 1 is 1.03 bits per heavy atom. The number of hydrogen-bond acceptors (Lipinski definition) is 5. The number of aromatic nitrogens is 6. The number of amides is 1. The zero-order valence-electron chi connectivity index (χ0n) is 17.1. The van der Waals surface area contributed by atoms with Gasteiger partial charge in [0.25, 0.3) is 5.91 Å². The smallest absolute Gasteiger partial charge is 0.274 e. The molecular weight excluding hydrogens is 402 g/mol. The Morgan fingerprint density at radius 3 is 2.88 bits per heavy atom. The fraction of sp³-hybridized carbons (Fsp3) is 0.125. The molecule has 1 aliphatic carbocycles. The number of nitrogens with one attached hydrogen (secondary N) is 2. The lowest BCUT2D eigenvalue weighted by molar-refractivity contribution is 0.102. The van der Waals surface area contributed by atoms with Gasteiger partial charge in [-0.25, -0.2) is 4.98 Å². The molecule has 1 amide bonds. The van der Waals surface area contributed by atoms with E-state index >= 15 is 0 Å². The third-order valence-corrected chi connectivity index (χ3v) is 5.62. The van der Waals surface area contributed by atoms with E-state index in [4.69, 9.17) is 0 Å². The lowest BCUT2D eigenvalue weighted by Gasteiger charge is -2.09. The molecule has 1 aliphatic rings. The van der Waals surface area contributed by atoms with Crippen LogP contribution in [0.5, 0.6) is 0 Å². The van der Waals surface area contributed by atoms with Gasteiger partial charge in [0.05, 0.1) is 0 Å². The second-order valence-corrected chi connectivity index (χ2v) is 7.90. The molecule has 0 unspecified atom stereocenters. The summed E-state index contributed by atoms with van der Waals surface area (Å²) in [5.41, 5.74) is 4.57. The number of fused-ring (bicyclic) bond motifs is 1. The van der Waals surface area contributed by atoms with Gasteiger partial charge in [0.1, 0.15) is 17.7 Å². The minimum atomic E-state index is -0.275. The van der Waals surface area contributed by atoms with E-state index < -0.39 is 0 Å². The van der Waals surface area contributed by atoms with Crippen LogP contribution in [0.25, 0.3) is 33.5 Å². The number of rotatable bonds is 5. The Kier molecular flexibility index (Phi) is 4.28. The van der Waals surface area contributed by atoms with Gasteiger partial charge in [0.15, 0.2) is 5.82 Å². The Labute approximate surface area is 183 Å². The van der Waals surface area contributed by atoms with Crippen molar-refractivity contribution in [2.75, 3.05) is 5.32 Å². The fourth-order valence-corrected chi connectivity index (χ4v) is 3.83. The molecule has 2 N–H and O–H groups in total. The van der Waals surface area contributed by atoms with Crippen LogP contribution in [0.15, 0.2) is 73.4 Å². The third kappa shape index (κ3) is 3.41. The number of hydrogen-bond donors (Lipinski definition) is 2. The number of anilines is 1. The van der Waals surface area contributed by atoms with Gasteiger partial charge in [-0.05, 0) is 54.8 Å². The molecule has 8 heteroatoms. The maximum atomic E-state index is 12.9. The number of H-pyrrole nitrogens is 1. The van der Waals surface area contributed by atoms with Gasteiger partial charge in [-0.1, -0.05) is 12.1 Å². The van der Waals surface area contributed by atoms with Crippen LogP contribution >= 0.6 is 0 Å². The van der Waals surface area contributed by atoms with Crippen LogP contribution in [0.3, 0.4) is 0 Å². The molecule has 0 spiro atoms. The average molecular weight is 421 g/mol. The van der Waals surface area contributed by atoms with E-state index in [0.29, 0.717) is 17.4 Å². The van der Waals surface area contributed by atoms with Crippen LogP contribution < -0.4 is 5.32 Å². The summed E-state index contributed by atoms with van der Waals surface area (Å²) in [6.07, 6.45) is 9.35. The van der Waals surface area contributed by atoms with E-state index in [0.717, 1.165) is 46.4 Å². The summed E-state index contributed by atoms with van der Waals surface area (Å²) >= 11 is 0. The number of pyridine rings is 2. The predicted molar refractivity (Wildman–Crippen MR) is 121 cm³/mol. The topological polar surface area (TPSA) is 101 Å². The van der Waals surface area contributed by atoms with Crippen LogP contribution in [-0.2, 0) is 0 Å². The summed E-state index contributed by atoms with van der Waals surface area (Å²) in [4.78, 5) is 24.7. The fourth-order valence-electron chi connectivity index (χ4n) is 3.83. The first-order valence-electron chi connectivity index (χ1n) is 10.5. The van der Waals surface area contributed by atoms with Crippen molar-refractivity contribution < 1.29 is 4.79 Å². The average Bonchev–Trinajstić information content (AvgIpc) is 3.36. The van der Waals surface area contributed by atoms with Crippen LogP contribution in [0.1, 0.15) is 29.4 Å². The Balaban J connectivity index is 1.25. The first kappa shape index (κ1) is 18.4. The Bertz CT molecular complexity index is 1450. The van der Waals surface area contributed by atoms with E-state index in [2.05, 4.69) is 35.0 Å². The van der Waals surface area contributed by atoms with Crippen molar-refractivity contribution in [1.29, 1.82) is 0 Å². The second kappa shape index (κ2) is 7.42. The normalized spacial score (nSPS) is 13.4. The largest absolute Gasteiger partial charge is 0.346 e. The Morgan fingerprint density at radius 2 is 1.97 bits per heavy atom. The molecule has 6 rings (SSSR count). The first-order chi connectivity index (χ1) is 15.7. The molecule has 0 saturated heterocycles. The molecule has 8 nitrogen and oxygen atoms in total. The summed E-state index contributed by atoms with van der Waals surface area (Å²) in [6.45, 7) is 0. The van der Waals surface area contributed by atoms with Crippen molar-refractivity contribution in [3.05, 3.63) is 79.1 Å². The van der Waals surface area contributed by atoms with Gasteiger partial charge in [0.2, 0.25) is 0 Å². The molecule has 32 heavy (non-hydrogen) atoms. The van der Waals surface area contributed by atoms with Gasteiger partial charge < -0.3 is 14.9 Å². The molecule has 0 aliphatic heterocycles. The van der Waals surface area contributed by atoms with Gasteiger partial charge in [-0.3, -0.25) is 9.78 Å². The van der Waals surface area contributed by atoms with Crippen LogP contribution in [0.2, 0.25) is 0 Å². The second-order valence-electron chi connectivity index (χ2n) is 7.90. The molecule has 0 bridgehead atoms. The SMILES string of the molecule is O=C(Nc1cccc(-c2nncn2C2CC2)c1)c1cc(-c2cnc3[nH]ccc3c2)ccn1. The monoisotopic (exact) mass is 421 g/mol. The Hall–Kier alpha value is -4.33. The zero-order chi connectivity index (χ0) is 21.5. The number of carbonyl (C=O) groups is 1. The molecular formula is C24H19N7O. The molecule has 4 aromatic heterocycles. The highest BCUT2D eigenvalue weighted by molar-refractivity contribution is 6.03. The zero-order valence-corrected chi connectivity index (χ0v) is 17.1. The molecule has 1 fully saturated rings. The summed E-state index contributed by atoms with van der Waals surface area (Å²) in [5, 5.41) is 12.3. The number of nitrogens with zero attached hydrogens (tertiary/aromatic N) is 5. The van der Waals surface area contributed by atoms with E-state index in [-0.39, 0.29) is 5.91 Å². The summed E-state index contributed by atoms with van der Waals surface area (Å²) in [7, 11) is 0. The van der Waals surface area contributed by atoms with Crippen molar-refractivity contribution in [1.82, 2.24) is 29.7 Å². The maximum Gasteiger partial charge on any atom is 0.274 e. The third-order valence-electron chi connectivity index (χ3n) is 5.62. The number of aromatic amines is 1. The lowest BCUT2D eigenvalue weighted by Crippen LogP contribution is -2.13. The van der Waals surface area contributed by atoms with Gasteiger partial charge in [-0.2, -0.15) is 0 Å². The van der Waals surface area contributed by atoms with Crippen molar-refractivity contribution in [2.24, 2.45) is 0 Å². The van der Waals surface area contributed by atoms with Crippen molar-refractivity contribution in [3.63, 3.8) is 0 Å². The van der Waals surface area contributed by atoms with E-state index in [1.807, 2.05) is 48.7 Å². The van der Waals surface area contributed by atoms with Gasteiger partial charge >= 0.3 is 0 Å². The van der Waals surface area contributed by atoms with E-state index in [1.165, 1.54) is 0 Å². The van der Waals surface area contributed by atoms with Gasteiger partial charge in [-0.15, -0.1) is 10.2 Å². The van der Waals surface area contributed by atoms with E-state index in [1.54, 1.807) is 24.8 Å². The molecule has 156 valence electrons. The summed E-state index contributed by atoms with van der Waals surface area (Å²) < 4.78 is 2.10. The van der Waals surface area contributed by atoms with Crippen molar-refractivity contribution in [2.45, 2.75) is 18.9 Å². The maximum absolute atomic E-state index is 12.9. The predicted octanol–water partition coefficient (Wildman–Crippen LogP) is 4.47. The summed E-state index contributed by atoms with van der Waals surface area (Å²) in [5.74, 6) is 0.541.